The maximum atomic E-state index is 12.0. The Morgan fingerprint density at radius 3 is 2.50 bits per heavy atom. The molecule has 0 unspecified atom stereocenters. The van der Waals surface area contributed by atoms with E-state index >= 15 is 0 Å². The summed E-state index contributed by atoms with van der Waals surface area (Å²) in [6, 6.07) is 16.3. The highest BCUT2D eigenvalue weighted by molar-refractivity contribution is 5.79. The lowest BCUT2D eigenvalue weighted by atomic mass is 10.1. The number of carbonyl (C=O) groups is 1. The minimum atomic E-state index is -0.461. The number of nitrogens with one attached hydrogen (secondary N) is 1. The summed E-state index contributed by atoms with van der Waals surface area (Å²) >= 11 is 0. The molecular formula is C18H21N3O3. The molecule has 2 aromatic rings. The fraction of sp³-hybridized carbons (Fsp3) is 0.278. The summed E-state index contributed by atoms with van der Waals surface area (Å²) in [4.78, 5) is 24.6. The van der Waals surface area contributed by atoms with E-state index in [1.807, 2.05) is 37.4 Å². The largest absolute Gasteiger partial charge is 0.375 e. The third-order valence-corrected chi connectivity index (χ3v) is 3.73. The number of nitrogens with zero attached hydrogens (tertiary/aromatic N) is 2. The van der Waals surface area contributed by atoms with E-state index in [0.29, 0.717) is 12.1 Å². The molecule has 1 N–H and O–H groups in total. The lowest BCUT2D eigenvalue weighted by molar-refractivity contribution is -0.385. The van der Waals surface area contributed by atoms with Gasteiger partial charge in [0.25, 0.3) is 5.69 Å². The van der Waals surface area contributed by atoms with Gasteiger partial charge in [0.05, 0.1) is 11.3 Å². The molecule has 0 aliphatic carbocycles. The van der Waals surface area contributed by atoms with Crippen LogP contribution < -0.4 is 10.2 Å². The third kappa shape index (κ3) is 5.08. The van der Waals surface area contributed by atoms with Gasteiger partial charge in [-0.2, -0.15) is 0 Å². The molecule has 2 rings (SSSR count). The topological polar surface area (TPSA) is 75.5 Å². The summed E-state index contributed by atoms with van der Waals surface area (Å²) in [7, 11) is 2.00. The second-order valence-electron chi connectivity index (χ2n) is 5.52. The van der Waals surface area contributed by atoms with Gasteiger partial charge in [-0.15, -0.1) is 0 Å². The molecule has 0 aliphatic rings. The van der Waals surface area contributed by atoms with E-state index in [2.05, 4.69) is 10.2 Å². The average molecular weight is 327 g/mol. The van der Waals surface area contributed by atoms with Crippen LogP contribution >= 0.6 is 0 Å². The summed E-state index contributed by atoms with van der Waals surface area (Å²) in [6.07, 6.45) is 0.819. The molecule has 0 saturated heterocycles. The number of para-hydroxylation sites is 2. The van der Waals surface area contributed by atoms with E-state index < -0.39 is 4.92 Å². The third-order valence-electron chi connectivity index (χ3n) is 3.73. The number of hydrogen-bond acceptors (Lipinski definition) is 4. The van der Waals surface area contributed by atoms with E-state index in [9.17, 15) is 14.9 Å². The van der Waals surface area contributed by atoms with Crippen molar-refractivity contribution in [3.8, 4) is 0 Å². The van der Waals surface area contributed by atoms with Crippen molar-refractivity contribution in [3.63, 3.8) is 0 Å². The molecule has 0 atom stereocenters. The summed E-state index contributed by atoms with van der Waals surface area (Å²) in [5.41, 5.74) is 1.54. The van der Waals surface area contributed by atoms with Crippen molar-refractivity contribution < 1.29 is 9.72 Å². The molecule has 0 bridgehead atoms. The second-order valence-corrected chi connectivity index (χ2v) is 5.52. The number of anilines is 1. The second kappa shape index (κ2) is 8.67. The number of amides is 1. The first kappa shape index (κ1) is 17.5. The van der Waals surface area contributed by atoms with E-state index in [4.69, 9.17) is 0 Å². The van der Waals surface area contributed by atoms with E-state index in [1.54, 1.807) is 18.2 Å². The van der Waals surface area contributed by atoms with Gasteiger partial charge in [-0.3, -0.25) is 14.9 Å². The zero-order valence-electron chi connectivity index (χ0n) is 13.6. The molecule has 0 aliphatic heterocycles. The number of nitro groups is 1. The molecule has 0 spiro atoms. The standard InChI is InChI=1S/C18H21N3O3/c1-20(16-9-3-2-4-10-16)13-7-12-19-18(22)14-15-8-5-6-11-17(15)21(23)24/h2-6,8-11H,7,12-14H2,1H3,(H,19,22). The maximum absolute atomic E-state index is 12.0. The molecule has 2 aromatic carbocycles. The average Bonchev–Trinajstić information content (AvgIpc) is 2.59. The number of hydrogen-bond donors (Lipinski definition) is 1. The van der Waals surface area contributed by atoms with Crippen LogP contribution in [0.3, 0.4) is 0 Å². The van der Waals surface area contributed by atoms with Crippen LogP contribution in [0.4, 0.5) is 11.4 Å². The van der Waals surface area contributed by atoms with Crippen molar-refractivity contribution in [2.75, 3.05) is 25.0 Å². The number of rotatable bonds is 8. The lowest BCUT2D eigenvalue weighted by Gasteiger charge is -2.19. The van der Waals surface area contributed by atoms with Gasteiger partial charge < -0.3 is 10.2 Å². The Bertz CT molecular complexity index is 689. The molecular weight excluding hydrogens is 306 g/mol. The summed E-state index contributed by atoms with van der Waals surface area (Å²) in [5.74, 6) is -0.202. The van der Waals surface area contributed by atoms with Crippen LogP contribution in [0.2, 0.25) is 0 Å². The highest BCUT2D eigenvalue weighted by Crippen LogP contribution is 2.18. The highest BCUT2D eigenvalue weighted by Gasteiger charge is 2.15. The smallest absolute Gasteiger partial charge is 0.273 e. The predicted molar refractivity (Wildman–Crippen MR) is 94.1 cm³/mol. The molecule has 6 heteroatoms. The minimum absolute atomic E-state index is 0.0172. The zero-order valence-corrected chi connectivity index (χ0v) is 13.6. The van der Waals surface area contributed by atoms with Gasteiger partial charge in [-0.1, -0.05) is 36.4 Å². The van der Waals surface area contributed by atoms with Crippen molar-refractivity contribution in [1.29, 1.82) is 0 Å². The SMILES string of the molecule is CN(CCCNC(=O)Cc1ccccc1[N+](=O)[O-])c1ccccc1. The zero-order chi connectivity index (χ0) is 17.4. The summed E-state index contributed by atoms with van der Waals surface area (Å²) in [5, 5.41) is 13.8. The summed E-state index contributed by atoms with van der Waals surface area (Å²) < 4.78 is 0. The molecule has 6 nitrogen and oxygen atoms in total. The van der Waals surface area contributed by atoms with Gasteiger partial charge >= 0.3 is 0 Å². The fourth-order valence-electron chi connectivity index (χ4n) is 2.43. The van der Waals surface area contributed by atoms with Crippen LogP contribution in [0, 0.1) is 10.1 Å². The first-order valence-electron chi connectivity index (χ1n) is 7.83. The molecule has 126 valence electrons. The molecule has 0 saturated carbocycles. The quantitative estimate of drug-likeness (QED) is 0.459. The molecule has 0 fully saturated rings. The van der Waals surface area contributed by atoms with Gasteiger partial charge in [-0.25, -0.2) is 0 Å². The Kier molecular flexibility index (Phi) is 6.31. The van der Waals surface area contributed by atoms with E-state index in [1.165, 1.54) is 6.07 Å². The van der Waals surface area contributed by atoms with Crippen molar-refractivity contribution >= 4 is 17.3 Å². The molecule has 0 heterocycles. The van der Waals surface area contributed by atoms with Crippen LogP contribution in [-0.4, -0.2) is 31.0 Å². The van der Waals surface area contributed by atoms with Crippen LogP contribution in [0.1, 0.15) is 12.0 Å². The van der Waals surface area contributed by atoms with Crippen molar-refractivity contribution in [2.45, 2.75) is 12.8 Å². The van der Waals surface area contributed by atoms with Crippen LogP contribution in [0.5, 0.6) is 0 Å². The van der Waals surface area contributed by atoms with Gasteiger partial charge in [0.2, 0.25) is 5.91 Å². The van der Waals surface area contributed by atoms with Crippen LogP contribution in [0.25, 0.3) is 0 Å². The number of benzene rings is 2. The van der Waals surface area contributed by atoms with Gasteiger partial charge in [-0.05, 0) is 18.6 Å². The molecule has 0 aromatic heterocycles. The molecule has 1 amide bonds. The van der Waals surface area contributed by atoms with Crippen LogP contribution in [-0.2, 0) is 11.2 Å². The maximum Gasteiger partial charge on any atom is 0.273 e. The Hall–Kier alpha value is -2.89. The van der Waals surface area contributed by atoms with Gasteiger partial charge in [0.1, 0.15) is 0 Å². The van der Waals surface area contributed by atoms with Gasteiger partial charge in [0.15, 0.2) is 0 Å². The van der Waals surface area contributed by atoms with E-state index in [0.717, 1.165) is 18.7 Å². The first-order chi connectivity index (χ1) is 11.6. The Morgan fingerprint density at radius 2 is 1.79 bits per heavy atom. The highest BCUT2D eigenvalue weighted by atomic mass is 16.6. The predicted octanol–water partition coefficient (Wildman–Crippen LogP) is 2.78. The molecule has 24 heavy (non-hydrogen) atoms. The Morgan fingerprint density at radius 1 is 1.12 bits per heavy atom. The monoisotopic (exact) mass is 327 g/mol. The molecule has 0 radical (unpaired) electrons. The van der Waals surface area contributed by atoms with Crippen molar-refractivity contribution in [3.05, 3.63) is 70.3 Å². The Labute approximate surface area is 141 Å². The summed E-state index contributed by atoms with van der Waals surface area (Å²) in [6.45, 7) is 1.35. The van der Waals surface area contributed by atoms with Crippen molar-refractivity contribution in [2.24, 2.45) is 0 Å². The number of nitro benzene ring substituents is 1. The van der Waals surface area contributed by atoms with Crippen molar-refractivity contribution in [1.82, 2.24) is 5.32 Å². The van der Waals surface area contributed by atoms with E-state index in [-0.39, 0.29) is 18.0 Å². The normalized spacial score (nSPS) is 10.2. The lowest BCUT2D eigenvalue weighted by Crippen LogP contribution is -2.29. The minimum Gasteiger partial charge on any atom is -0.375 e. The Balaban J connectivity index is 1.75. The number of carbonyl (C=O) groups excluding carboxylic acids is 1. The van der Waals surface area contributed by atoms with Crippen LogP contribution in [0.15, 0.2) is 54.6 Å². The fourth-order valence-corrected chi connectivity index (χ4v) is 2.43. The van der Waals surface area contributed by atoms with Gasteiger partial charge in [0, 0.05) is 37.5 Å². The first-order valence-corrected chi connectivity index (χ1v) is 7.83.